The zero-order valence-corrected chi connectivity index (χ0v) is 10.7. The normalized spacial score (nSPS) is 21.4. The highest BCUT2D eigenvalue weighted by Crippen LogP contribution is 2.15. The van der Waals surface area contributed by atoms with Gasteiger partial charge in [-0.2, -0.15) is 0 Å². The number of amides is 3. The van der Waals surface area contributed by atoms with Gasteiger partial charge in [-0.05, 0) is 19.8 Å². The van der Waals surface area contributed by atoms with Gasteiger partial charge in [0, 0.05) is 6.61 Å². The summed E-state index contributed by atoms with van der Waals surface area (Å²) in [6, 6.07) is -2.21. The Balaban J connectivity index is 2.43. The largest absolute Gasteiger partial charge is 0.480 e. The maximum atomic E-state index is 11.6. The topological polar surface area (TPSA) is 131 Å². The fourth-order valence-electron chi connectivity index (χ4n) is 1.90. The number of hydrogen-bond donors (Lipinski definition) is 4. The van der Waals surface area contributed by atoms with Crippen LogP contribution in [-0.2, 0) is 14.3 Å². The van der Waals surface area contributed by atoms with Gasteiger partial charge < -0.3 is 26.2 Å². The lowest BCUT2D eigenvalue weighted by molar-refractivity contribution is -0.140. The molecule has 5 N–H and O–H groups in total. The Morgan fingerprint density at radius 3 is 2.58 bits per heavy atom. The molecule has 0 saturated carbocycles. The molecule has 19 heavy (non-hydrogen) atoms. The third-order valence-electron chi connectivity index (χ3n) is 2.89. The predicted octanol–water partition coefficient (Wildman–Crippen LogP) is -0.818. The van der Waals surface area contributed by atoms with Gasteiger partial charge in [-0.3, -0.25) is 4.79 Å². The van der Waals surface area contributed by atoms with Gasteiger partial charge >= 0.3 is 12.0 Å². The van der Waals surface area contributed by atoms with E-state index in [9.17, 15) is 14.4 Å². The average molecular weight is 273 g/mol. The van der Waals surface area contributed by atoms with Crippen molar-refractivity contribution in [2.24, 2.45) is 5.73 Å². The number of carboxylic acid groups (broad SMARTS) is 1. The average Bonchev–Trinajstić information content (AvgIpc) is 2.80. The minimum Gasteiger partial charge on any atom is -0.480 e. The quantitative estimate of drug-likeness (QED) is 0.502. The second-order valence-electron chi connectivity index (χ2n) is 4.52. The summed E-state index contributed by atoms with van der Waals surface area (Å²) >= 11 is 0. The maximum absolute atomic E-state index is 11.6. The molecule has 0 spiro atoms. The molecule has 1 heterocycles. The van der Waals surface area contributed by atoms with Crippen LogP contribution >= 0.6 is 0 Å². The van der Waals surface area contributed by atoms with Gasteiger partial charge in [-0.25, -0.2) is 9.59 Å². The number of urea groups is 1. The van der Waals surface area contributed by atoms with Crippen LogP contribution in [0.2, 0.25) is 0 Å². The van der Waals surface area contributed by atoms with Crippen LogP contribution in [0.25, 0.3) is 0 Å². The standard InChI is InChI=1S/C11H19N3O5/c1-6(8-3-2-4-19-8)13-11(18)14-7(10(16)17)5-9(12)15/h6-8H,2-5H2,1H3,(H2,12,15)(H,16,17)(H2,13,14,18)/t6?,7-,8?/m1/s1. The highest BCUT2D eigenvalue weighted by Gasteiger charge is 2.26. The highest BCUT2D eigenvalue weighted by molar-refractivity contribution is 5.87. The van der Waals surface area contributed by atoms with Crippen molar-refractivity contribution in [3.05, 3.63) is 0 Å². The summed E-state index contributed by atoms with van der Waals surface area (Å²) in [5.74, 6) is -2.10. The molecule has 3 atom stereocenters. The summed E-state index contributed by atoms with van der Waals surface area (Å²) in [5, 5.41) is 13.6. The molecule has 1 aliphatic rings. The predicted molar refractivity (Wildman–Crippen MR) is 65.3 cm³/mol. The third kappa shape index (κ3) is 5.12. The number of nitrogens with one attached hydrogen (secondary N) is 2. The first-order valence-corrected chi connectivity index (χ1v) is 6.10. The second kappa shape index (κ2) is 6.93. The number of carboxylic acids is 1. The van der Waals surface area contributed by atoms with E-state index in [2.05, 4.69) is 10.6 Å². The van der Waals surface area contributed by atoms with Gasteiger partial charge in [0.05, 0.1) is 18.6 Å². The minimum absolute atomic E-state index is 0.0647. The third-order valence-corrected chi connectivity index (χ3v) is 2.89. The molecule has 1 rings (SSSR count). The van der Waals surface area contributed by atoms with Crippen molar-refractivity contribution in [3.63, 3.8) is 0 Å². The van der Waals surface area contributed by atoms with Gasteiger partial charge in [-0.15, -0.1) is 0 Å². The summed E-state index contributed by atoms with van der Waals surface area (Å²) in [6.45, 7) is 2.44. The summed E-state index contributed by atoms with van der Waals surface area (Å²) in [7, 11) is 0. The Bertz CT molecular complexity index is 354. The molecule has 1 saturated heterocycles. The summed E-state index contributed by atoms with van der Waals surface area (Å²) < 4.78 is 5.40. The van der Waals surface area contributed by atoms with Crippen molar-refractivity contribution in [1.29, 1.82) is 0 Å². The molecule has 8 nitrogen and oxygen atoms in total. The van der Waals surface area contributed by atoms with Crippen LogP contribution < -0.4 is 16.4 Å². The van der Waals surface area contributed by atoms with Crippen molar-refractivity contribution >= 4 is 17.9 Å². The lowest BCUT2D eigenvalue weighted by Gasteiger charge is -2.21. The number of nitrogens with two attached hydrogens (primary N) is 1. The number of aliphatic carboxylic acids is 1. The second-order valence-corrected chi connectivity index (χ2v) is 4.52. The SMILES string of the molecule is CC(NC(=O)N[C@H](CC(N)=O)C(=O)O)C1CCCO1. The molecule has 0 aliphatic carbocycles. The van der Waals surface area contributed by atoms with E-state index in [0.29, 0.717) is 6.61 Å². The molecular formula is C11H19N3O5. The van der Waals surface area contributed by atoms with Gasteiger partial charge in [0.15, 0.2) is 0 Å². The van der Waals surface area contributed by atoms with Crippen LogP contribution in [0.4, 0.5) is 4.79 Å². The van der Waals surface area contributed by atoms with E-state index in [4.69, 9.17) is 15.6 Å². The Morgan fingerprint density at radius 2 is 2.11 bits per heavy atom. The van der Waals surface area contributed by atoms with E-state index in [1.165, 1.54) is 0 Å². The molecular weight excluding hydrogens is 254 g/mol. The molecule has 0 aromatic rings. The zero-order valence-electron chi connectivity index (χ0n) is 10.7. The van der Waals surface area contributed by atoms with E-state index in [-0.39, 0.29) is 12.1 Å². The van der Waals surface area contributed by atoms with Crippen molar-refractivity contribution < 1.29 is 24.2 Å². The molecule has 0 radical (unpaired) electrons. The molecule has 1 fully saturated rings. The number of carbonyl (C=O) groups is 3. The molecule has 1 aliphatic heterocycles. The zero-order chi connectivity index (χ0) is 14.4. The van der Waals surface area contributed by atoms with E-state index in [1.807, 2.05) is 0 Å². The monoisotopic (exact) mass is 273 g/mol. The van der Waals surface area contributed by atoms with Gasteiger partial charge in [0.2, 0.25) is 5.91 Å². The van der Waals surface area contributed by atoms with E-state index in [1.54, 1.807) is 6.92 Å². The Labute approximate surface area is 110 Å². The molecule has 8 heteroatoms. The molecule has 0 bridgehead atoms. The lowest BCUT2D eigenvalue weighted by atomic mass is 10.1. The van der Waals surface area contributed by atoms with Gasteiger partial charge in [0.1, 0.15) is 6.04 Å². The van der Waals surface area contributed by atoms with Crippen LogP contribution in [0, 0.1) is 0 Å². The van der Waals surface area contributed by atoms with Crippen LogP contribution in [0.15, 0.2) is 0 Å². The Hall–Kier alpha value is -1.83. The van der Waals surface area contributed by atoms with Crippen LogP contribution in [0.3, 0.4) is 0 Å². The van der Waals surface area contributed by atoms with Gasteiger partial charge in [-0.1, -0.05) is 0 Å². The highest BCUT2D eigenvalue weighted by atomic mass is 16.5. The number of hydrogen-bond acceptors (Lipinski definition) is 4. The van der Waals surface area contributed by atoms with Crippen molar-refractivity contribution in [1.82, 2.24) is 10.6 Å². The maximum Gasteiger partial charge on any atom is 0.326 e. The van der Waals surface area contributed by atoms with Gasteiger partial charge in [0.25, 0.3) is 0 Å². The van der Waals surface area contributed by atoms with E-state index in [0.717, 1.165) is 12.8 Å². The Morgan fingerprint density at radius 1 is 1.42 bits per heavy atom. The fourth-order valence-corrected chi connectivity index (χ4v) is 1.90. The summed E-state index contributed by atoms with van der Waals surface area (Å²) in [6.07, 6.45) is 1.28. The minimum atomic E-state index is -1.32. The fraction of sp³-hybridized carbons (Fsp3) is 0.727. The van der Waals surface area contributed by atoms with Crippen molar-refractivity contribution in [3.8, 4) is 0 Å². The van der Waals surface area contributed by atoms with Crippen molar-refractivity contribution in [2.45, 2.75) is 44.4 Å². The van der Waals surface area contributed by atoms with E-state index >= 15 is 0 Å². The van der Waals surface area contributed by atoms with Crippen LogP contribution in [0.5, 0.6) is 0 Å². The number of carbonyl (C=O) groups excluding carboxylic acids is 2. The molecule has 0 aromatic heterocycles. The number of ether oxygens (including phenoxy) is 1. The van der Waals surface area contributed by atoms with Crippen LogP contribution in [-0.4, -0.2) is 47.8 Å². The molecule has 108 valence electrons. The first-order valence-electron chi connectivity index (χ1n) is 6.10. The van der Waals surface area contributed by atoms with E-state index < -0.39 is 30.4 Å². The number of rotatable bonds is 6. The smallest absolute Gasteiger partial charge is 0.326 e. The summed E-state index contributed by atoms with van der Waals surface area (Å²) in [4.78, 5) is 33.1. The lowest BCUT2D eigenvalue weighted by Crippen LogP contribution is -2.51. The molecule has 3 amide bonds. The summed E-state index contributed by atoms with van der Waals surface area (Å²) in [5.41, 5.74) is 4.91. The molecule has 2 unspecified atom stereocenters. The van der Waals surface area contributed by atoms with Crippen molar-refractivity contribution in [2.75, 3.05) is 6.61 Å². The first-order chi connectivity index (χ1) is 8.90. The van der Waals surface area contributed by atoms with Crippen LogP contribution in [0.1, 0.15) is 26.2 Å². The number of primary amides is 1. The first kappa shape index (κ1) is 15.2. The molecule has 0 aromatic carbocycles. The Kier molecular flexibility index (Phi) is 5.56.